The Labute approximate surface area is 150 Å². The van der Waals surface area contributed by atoms with Crippen LogP contribution in [0.25, 0.3) is 0 Å². The molecule has 0 unspecified atom stereocenters. The molecule has 2 atom stereocenters. The first kappa shape index (κ1) is 21.3. The van der Waals surface area contributed by atoms with Gasteiger partial charge in [0.2, 0.25) is 5.91 Å². The first-order chi connectivity index (χ1) is 12.0. The summed E-state index contributed by atoms with van der Waals surface area (Å²) in [5.41, 5.74) is 0. The Morgan fingerprint density at radius 2 is 1.80 bits per heavy atom. The van der Waals surface area contributed by atoms with Crippen molar-refractivity contribution >= 4 is 17.9 Å². The minimum atomic E-state index is -0.178. The molecule has 1 saturated heterocycles. The van der Waals surface area contributed by atoms with Crippen molar-refractivity contribution in [2.45, 2.75) is 76.8 Å². The number of nitrogens with zero attached hydrogens (tertiary/aromatic N) is 1. The summed E-state index contributed by atoms with van der Waals surface area (Å²) in [5.74, 6) is -0.0847. The van der Waals surface area contributed by atoms with Gasteiger partial charge in [0.05, 0.1) is 13.2 Å². The summed E-state index contributed by atoms with van der Waals surface area (Å²) in [6, 6.07) is 0.453. The second-order valence-corrected chi connectivity index (χ2v) is 6.75. The van der Waals surface area contributed by atoms with E-state index in [1.54, 1.807) is 4.90 Å². The zero-order valence-electron chi connectivity index (χ0n) is 15.8. The summed E-state index contributed by atoms with van der Waals surface area (Å²) < 4.78 is 4.58. The molecule has 0 radical (unpaired) electrons. The summed E-state index contributed by atoms with van der Waals surface area (Å²) in [6.45, 7) is 2.70. The molecule has 1 fully saturated rings. The molecule has 25 heavy (non-hydrogen) atoms. The smallest absolute Gasteiger partial charge is 0.317 e. The normalized spacial score (nSPS) is 19.6. The quantitative estimate of drug-likeness (QED) is 0.415. The van der Waals surface area contributed by atoms with Crippen LogP contribution in [-0.4, -0.2) is 55.6 Å². The number of hydrogen-bond donors (Lipinski definition) is 2. The van der Waals surface area contributed by atoms with Crippen LogP contribution in [0.3, 0.4) is 0 Å². The van der Waals surface area contributed by atoms with Crippen LogP contribution in [0.4, 0.5) is 4.79 Å². The van der Waals surface area contributed by atoms with E-state index >= 15 is 0 Å². The minimum Gasteiger partial charge on any atom is -0.469 e. The Kier molecular flexibility index (Phi) is 9.96. The van der Waals surface area contributed by atoms with Crippen LogP contribution in [0.15, 0.2) is 0 Å². The van der Waals surface area contributed by atoms with Crippen molar-refractivity contribution in [3.63, 3.8) is 0 Å². The van der Waals surface area contributed by atoms with Crippen LogP contribution < -0.4 is 10.6 Å². The standard InChI is InChI=1S/C18H33N3O4/c1-14-15(21(2)18(24)20-14)10-6-4-7-11-16(22)19-13-9-5-8-12-17(23)25-3/h14-15H,4-13H2,1-3H3,(H,19,22)(H,20,24)/t14-,15+/m0/s1. The first-order valence-electron chi connectivity index (χ1n) is 9.32. The van der Waals surface area contributed by atoms with Gasteiger partial charge in [-0.1, -0.05) is 19.3 Å². The summed E-state index contributed by atoms with van der Waals surface area (Å²) in [4.78, 5) is 36.0. The number of esters is 1. The van der Waals surface area contributed by atoms with Gasteiger partial charge in [0.1, 0.15) is 0 Å². The second-order valence-electron chi connectivity index (χ2n) is 6.75. The molecule has 0 spiro atoms. The molecule has 3 amide bonds. The summed E-state index contributed by atoms with van der Waals surface area (Å²) in [6.07, 6.45) is 7.46. The lowest BCUT2D eigenvalue weighted by atomic mass is 10.0. The molecular formula is C18H33N3O4. The average Bonchev–Trinajstić information content (AvgIpc) is 2.83. The lowest BCUT2D eigenvalue weighted by Gasteiger charge is -2.20. The van der Waals surface area contributed by atoms with Crippen molar-refractivity contribution in [3.05, 3.63) is 0 Å². The molecule has 0 saturated carbocycles. The average molecular weight is 355 g/mol. The van der Waals surface area contributed by atoms with Crippen LogP contribution in [0.5, 0.6) is 0 Å². The number of amides is 3. The van der Waals surface area contributed by atoms with Gasteiger partial charge < -0.3 is 20.3 Å². The van der Waals surface area contributed by atoms with Gasteiger partial charge in [-0.05, 0) is 32.6 Å². The highest BCUT2D eigenvalue weighted by Gasteiger charge is 2.32. The number of likely N-dealkylation sites (N-methyl/N-ethyl adjacent to an activating group) is 1. The summed E-state index contributed by atoms with van der Waals surface area (Å²) >= 11 is 0. The number of nitrogens with one attached hydrogen (secondary N) is 2. The predicted octanol–water partition coefficient (Wildman–Crippen LogP) is 2.20. The third-order valence-corrected chi connectivity index (χ3v) is 4.76. The van der Waals surface area contributed by atoms with Gasteiger partial charge in [0, 0.05) is 32.5 Å². The highest BCUT2D eigenvalue weighted by molar-refractivity contribution is 5.77. The zero-order valence-corrected chi connectivity index (χ0v) is 15.8. The Morgan fingerprint density at radius 3 is 2.44 bits per heavy atom. The van der Waals surface area contributed by atoms with Crippen LogP contribution >= 0.6 is 0 Å². The number of rotatable bonds is 12. The zero-order chi connectivity index (χ0) is 18.7. The minimum absolute atomic E-state index is 0.00321. The molecule has 1 rings (SSSR count). The van der Waals surface area contributed by atoms with E-state index < -0.39 is 0 Å². The monoisotopic (exact) mass is 355 g/mol. The molecule has 2 N–H and O–H groups in total. The summed E-state index contributed by atoms with van der Waals surface area (Å²) in [5, 5.41) is 5.84. The van der Waals surface area contributed by atoms with Crippen molar-refractivity contribution in [1.29, 1.82) is 0 Å². The third kappa shape index (κ3) is 8.23. The fourth-order valence-electron chi connectivity index (χ4n) is 3.13. The Balaban J connectivity index is 1.95. The number of urea groups is 1. The molecule has 0 aromatic carbocycles. The fourth-order valence-corrected chi connectivity index (χ4v) is 3.13. The van der Waals surface area contributed by atoms with E-state index in [1.807, 2.05) is 14.0 Å². The van der Waals surface area contributed by atoms with Crippen molar-refractivity contribution in [3.8, 4) is 0 Å². The SMILES string of the molecule is COC(=O)CCCCCNC(=O)CCCCC[C@@H]1[C@H](C)NC(=O)N1C. The van der Waals surface area contributed by atoms with Gasteiger partial charge in [0.15, 0.2) is 0 Å². The van der Waals surface area contributed by atoms with Crippen molar-refractivity contribution < 1.29 is 19.1 Å². The van der Waals surface area contributed by atoms with Crippen molar-refractivity contribution in [2.24, 2.45) is 0 Å². The molecule has 0 aliphatic carbocycles. The molecule has 1 heterocycles. The molecule has 144 valence electrons. The van der Waals surface area contributed by atoms with E-state index in [2.05, 4.69) is 15.4 Å². The van der Waals surface area contributed by atoms with E-state index in [4.69, 9.17) is 0 Å². The lowest BCUT2D eigenvalue weighted by molar-refractivity contribution is -0.140. The van der Waals surface area contributed by atoms with Gasteiger partial charge in [-0.3, -0.25) is 9.59 Å². The maximum Gasteiger partial charge on any atom is 0.317 e. The van der Waals surface area contributed by atoms with Crippen LogP contribution in [0.1, 0.15) is 64.7 Å². The van der Waals surface area contributed by atoms with E-state index in [0.717, 1.165) is 44.9 Å². The summed E-state index contributed by atoms with van der Waals surface area (Å²) in [7, 11) is 3.23. The van der Waals surface area contributed by atoms with E-state index in [9.17, 15) is 14.4 Å². The predicted molar refractivity (Wildman–Crippen MR) is 96.1 cm³/mol. The van der Waals surface area contributed by atoms with E-state index in [0.29, 0.717) is 19.4 Å². The Morgan fingerprint density at radius 1 is 1.12 bits per heavy atom. The highest BCUT2D eigenvalue weighted by Crippen LogP contribution is 2.18. The largest absolute Gasteiger partial charge is 0.469 e. The molecule has 1 aliphatic heterocycles. The van der Waals surface area contributed by atoms with Crippen LogP contribution in [0.2, 0.25) is 0 Å². The van der Waals surface area contributed by atoms with Crippen molar-refractivity contribution in [2.75, 3.05) is 20.7 Å². The Bertz CT molecular complexity index is 442. The molecular weight excluding hydrogens is 322 g/mol. The molecule has 0 bridgehead atoms. The third-order valence-electron chi connectivity index (χ3n) is 4.76. The van der Waals surface area contributed by atoms with Gasteiger partial charge in [-0.15, -0.1) is 0 Å². The first-order valence-corrected chi connectivity index (χ1v) is 9.32. The van der Waals surface area contributed by atoms with E-state index in [-0.39, 0.29) is 30.0 Å². The molecule has 7 heteroatoms. The Hall–Kier alpha value is -1.79. The molecule has 7 nitrogen and oxygen atoms in total. The van der Waals surface area contributed by atoms with Gasteiger partial charge in [0.25, 0.3) is 0 Å². The number of carbonyl (C=O) groups is 3. The number of hydrogen-bond acceptors (Lipinski definition) is 4. The maximum absolute atomic E-state index is 11.7. The topological polar surface area (TPSA) is 87.7 Å². The number of ether oxygens (including phenoxy) is 1. The van der Waals surface area contributed by atoms with Crippen molar-refractivity contribution in [1.82, 2.24) is 15.5 Å². The highest BCUT2D eigenvalue weighted by atomic mass is 16.5. The van der Waals surface area contributed by atoms with Crippen LogP contribution in [-0.2, 0) is 14.3 Å². The van der Waals surface area contributed by atoms with Gasteiger partial charge in [-0.2, -0.15) is 0 Å². The number of methoxy groups -OCH3 is 1. The lowest BCUT2D eigenvalue weighted by Crippen LogP contribution is -2.32. The maximum atomic E-state index is 11.7. The fraction of sp³-hybridized carbons (Fsp3) is 0.833. The van der Waals surface area contributed by atoms with E-state index in [1.165, 1.54) is 7.11 Å². The molecule has 1 aliphatic rings. The van der Waals surface area contributed by atoms with Gasteiger partial charge >= 0.3 is 12.0 Å². The molecule has 0 aromatic rings. The number of carbonyl (C=O) groups excluding carboxylic acids is 3. The second kappa shape index (κ2) is 11.7. The number of unbranched alkanes of at least 4 members (excludes halogenated alkanes) is 4. The van der Waals surface area contributed by atoms with Gasteiger partial charge in [-0.25, -0.2) is 4.79 Å². The van der Waals surface area contributed by atoms with Crippen LogP contribution in [0, 0.1) is 0 Å². The molecule has 0 aromatic heterocycles.